The van der Waals surface area contributed by atoms with E-state index in [9.17, 15) is 22.7 Å². The van der Waals surface area contributed by atoms with Gasteiger partial charge in [0.05, 0.1) is 0 Å². The van der Waals surface area contributed by atoms with Crippen LogP contribution in [-0.4, -0.2) is 29.8 Å². The molecule has 0 spiro atoms. The molecule has 1 unspecified atom stereocenters. The molecule has 0 saturated carbocycles. The van der Waals surface area contributed by atoms with Crippen molar-refractivity contribution in [3.8, 4) is 0 Å². The zero-order chi connectivity index (χ0) is 23.3. The highest BCUT2D eigenvalue weighted by Gasteiger charge is 2.47. The Balaban J connectivity index is 1.68. The average molecular weight is 462 g/mol. The Labute approximate surface area is 186 Å². The maximum absolute atomic E-state index is 15.0. The van der Waals surface area contributed by atoms with Crippen LogP contribution in [0.2, 0.25) is 0 Å². The van der Waals surface area contributed by atoms with Crippen molar-refractivity contribution in [3.63, 3.8) is 0 Å². The fourth-order valence-electron chi connectivity index (χ4n) is 4.83. The standard InChI is InChI=1S/C24H25F2NO4S/c1-15-12-24(13-15,23(28)29)19-11-20(25)18(10-21(19)26)14-27-16(2)8-9-22(32(27,30)31)17-6-4-3-5-7-17/h3-7,10-12,16,22H,8-9,13-14H2,1-2H3,(H,28,29)/t16-,22+,24?/m0/s1. The van der Waals surface area contributed by atoms with Crippen LogP contribution in [0.1, 0.15) is 55.1 Å². The molecule has 32 heavy (non-hydrogen) atoms. The van der Waals surface area contributed by atoms with Gasteiger partial charge in [0.1, 0.15) is 22.3 Å². The van der Waals surface area contributed by atoms with Gasteiger partial charge in [-0.3, -0.25) is 4.79 Å². The highest BCUT2D eigenvalue weighted by atomic mass is 32.2. The van der Waals surface area contributed by atoms with Gasteiger partial charge in [-0.05, 0) is 50.8 Å². The summed E-state index contributed by atoms with van der Waals surface area (Å²) in [7, 11) is -3.81. The van der Waals surface area contributed by atoms with E-state index in [4.69, 9.17) is 0 Å². The molecule has 2 aromatic carbocycles. The molecule has 1 saturated heterocycles. The van der Waals surface area contributed by atoms with Gasteiger partial charge in [0.2, 0.25) is 10.0 Å². The molecule has 1 N–H and O–H groups in total. The third-order valence-corrected chi connectivity index (χ3v) is 8.94. The first-order valence-corrected chi connectivity index (χ1v) is 12.0. The van der Waals surface area contributed by atoms with Gasteiger partial charge in [0, 0.05) is 23.7 Å². The molecule has 0 aromatic heterocycles. The lowest BCUT2D eigenvalue weighted by atomic mass is 9.66. The minimum Gasteiger partial charge on any atom is -0.480 e. The summed E-state index contributed by atoms with van der Waals surface area (Å²) < 4.78 is 58.0. The fourth-order valence-corrected chi connectivity index (χ4v) is 7.02. The van der Waals surface area contributed by atoms with Gasteiger partial charge in [0.15, 0.2) is 0 Å². The Morgan fingerprint density at radius 2 is 1.81 bits per heavy atom. The first-order valence-electron chi connectivity index (χ1n) is 10.5. The lowest BCUT2D eigenvalue weighted by molar-refractivity contribution is -0.142. The summed E-state index contributed by atoms with van der Waals surface area (Å²) in [5, 5.41) is 8.88. The second-order valence-electron chi connectivity index (χ2n) is 8.78. The number of aliphatic carboxylic acids is 1. The van der Waals surface area contributed by atoms with Crippen LogP contribution in [0.3, 0.4) is 0 Å². The van der Waals surface area contributed by atoms with Crippen LogP contribution in [0, 0.1) is 11.6 Å². The van der Waals surface area contributed by atoms with Crippen molar-refractivity contribution in [1.82, 2.24) is 4.31 Å². The summed E-state index contributed by atoms with van der Waals surface area (Å²) >= 11 is 0. The zero-order valence-electron chi connectivity index (χ0n) is 17.9. The lowest BCUT2D eigenvalue weighted by Crippen LogP contribution is -2.45. The summed E-state index contributed by atoms with van der Waals surface area (Å²) in [5.41, 5.74) is -0.487. The molecule has 0 radical (unpaired) electrons. The van der Waals surface area contributed by atoms with Crippen molar-refractivity contribution >= 4 is 16.0 Å². The third-order valence-electron chi connectivity index (χ3n) is 6.57. The van der Waals surface area contributed by atoms with Crippen molar-refractivity contribution in [1.29, 1.82) is 0 Å². The molecular formula is C24H25F2NO4S. The van der Waals surface area contributed by atoms with Gasteiger partial charge >= 0.3 is 5.97 Å². The predicted octanol–water partition coefficient (Wildman–Crippen LogP) is 4.69. The number of hydrogen-bond donors (Lipinski definition) is 1. The Hall–Kier alpha value is -2.58. The number of allylic oxidation sites excluding steroid dienone is 1. The number of carboxylic acid groups (broad SMARTS) is 1. The number of halogens is 2. The van der Waals surface area contributed by atoms with Gasteiger partial charge in [-0.25, -0.2) is 17.2 Å². The van der Waals surface area contributed by atoms with Crippen LogP contribution in [0.5, 0.6) is 0 Å². The number of nitrogens with zero attached hydrogens (tertiary/aromatic N) is 1. The van der Waals surface area contributed by atoms with Crippen LogP contribution in [0.4, 0.5) is 8.78 Å². The Morgan fingerprint density at radius 3 is 2.41 bits per heavy atom. The fraction of sp³-hybridized carbons (Fsp3) is 0.375. The van der Waals surface area contributed by atoms with E-state index in [2.05, 4.69) is 0 Å². The van der Waals surface area contributed by atoms with Crippen molar-refractivity contribution < 1.29 is 27.1 Å². The zero-order valence-corrected chi connectivity index (χ0v) is 18.7. The van der Waals surface area contributed by atoms with Crippen molar-refractivity contribution in [2.24, 2.45) is 0 Å². The topological polar surface area (TPSA) is 74.7 Å². The highest BCUT2D eigenvalue weighted by Crippen LogP contribution is 2.44. The molecule has 8 heteroatoms. The van der Waals surface area contributed by atoms with E-state index in [1.165, 1.54) is 10.4 Å². The molecular weight excluding hydrogens is 436 g/mol. The first kappa shape index (κ1) is 22.6. The molecule has 2 aliphatic rings. The molecule has 1 aliphatic carbocycles. The van der Waals surface area contributed by atoms with Crippen molar-refractivity contribution in [3.05, 3.63) is 82.4 Å². The van der Waals surface area contributed by atoms with Crippen molar-refractivity contribution in [2.45, 2.75) is 56.4 Å². The summed E-state index contributed by atoms with van der Waals surface area (Å²) in [6, 6.07) is 10.3. The van der Waals surface area contributed by atoms with Gasteiger partial charge < -0.3 is 5.11 Å². The molecule has 5 nitrogen and oxygen atoms in total. The summed E-state index contributed by atoms with van der Waals surface area (Å²) in [6.07, 6.45) is 2.57. The van der Waals surface area contributed by atoms with Crippen LogP contribution >= 0.6 is 0 Å². The van der Waals surface area contributed by atoms with E-state index in [0.29, 0.717) is 18.4 Å². The maximum atomic E-state index is 15.0. The molecule has 1 aliphatic heterocycles. The minimum atomic E-state index is -3.81. The Morgan fingerprint density at radius 1 is 1.16 bits per heavy atom. The second kappa shape index (κ2) is 8.08. The van der Waals surface area contributed by atoms with Crippen LogP contribution in [-0.2, 0) is 26.8 Å². The van der Waals surface area contributed by atoms with Gasteiger partial charge in [-0.2, -0.15) is 4.31 Å². The third kappa shape index (κ3) is 3.65. The number of benzene rings is 2. The first-order chi connectivity index (χ1) is 15.1. The van der Waals surface area contributed by atoms with E-state index >= 15 is 4.39 Å². The summed E-state index contributed by atoms with van der Waals surface area (Å²) in [6.45, 7) is 3.17. The lowest BCUT2D eigenvalue weighted by Gasteiger charge is -2.38. The minimum absolute atomic E-state index is 0.105. The molecule has 2 aromatic rings. The quantitative estimate of drug-likeness (QED) is 0.656. The number of sulfonamides is 1. The van der Waals surface area contributed by atoms with E-state index in [1.807, 2.05) is 6.07 Å². The number of hydrogen-bond acceptors (Lipinski definition) is 3. The molecule has 1 fully saturated rings. The van der Waals surface area contributed by atoms with Gasteiger partial charge in [-0.1, -0.05) is 42.0 Å². The second-order valence-corrected chi connectivity index (χ2v) is 10.9. The van der Waals surface area contributed by atoms with E-state index in [0.717, 1.165) is 17.7 Å². The monoisotopic (exact) mass is 461 g/mol. The molecule has 0 amide bonds. The largest absolute Gasteiger partial charge is 0.480 e. The molecule has 1 heterocycles. The summed E-state index contributed by atoms with van der Waals surface area (Å²) in [4.78, 5) is 11.8. The molecule has 170 valence electrons. The molecule has 0 bridgehead atoms. The normalized spacial score (nSPS) is 27.4. The van der Waals surface area contributed by atoms with E-state index in [-0.39, 0.29) is 30.1 Å². The Kier molecular flexibility index (Phi) is 5.71. The van der Waals surface area contributed by atoms with Crippen LogP contribution in [0.15, 0.2) is 54.1 Å². The van der Waals surface area contributed by atoms with Crippen molar-refractivity contribution in [2.75, 3.05) is 0 Å². The number of carbonyl (C=O) groups is 1. The molecule has 4 rings (SSSR count). The van der Waals surface area contributed by atoms with E-state index < -0.39 is 38.3 Å². The average Bonchev–Trinajstić information content (AvgIpc) is 2.71. The van der Waals surface area contributed by atoms with E-state index in [1.54, 1.807) is 38.1 Å². The SMILES string of the molecule is CC1=CC(C(=O)O)(c2cc(F)c(CN3[C@@H](C)CC[C@H](c4ccccc4)S3(=O)=O)cc2F)C1. The highest BCUT2D eigenvalue weighted by molar-refractivity contribution is 7.89. The number of rotatable bonds is 5. The van der Waals surface area contributed by atoms with Crippen LogP contribution in [0.25, 0.3) is 0 Å². The predicted molar refractivity (Wildman–Crippen MR) is 116 cm³/mol. The number of carboxylic acids is 1. The van der Waals surface area contributed by atoms with Crippen LogP contribution < -0.4 is 0 Å². The maximum Gasteiger partial charge on any atom is 0.318 e. The Bertz CT molecular complexity index is 1200. The summed E-state index contributed by atoms with van der Waals surface area (Å²) in [5.74, 6) is -2.91. The van der Waals surface area contributed by atoms with Gasteiger partial charge in [0.25, 0.3) is 0 Å². The molecule has 3 atom stereocenters. The van der Waals surface area contributed by atoms with Gasteiger partial charge in [-0.15, -0.1) is 0 Å². The smallest absolute Gasteiger partial charge is 0.318 e.